The Bertz CT molecular complexity index is 648. The SMILES string of the molecule is CCOc1cc(CNCc2ccc(COC)cc2)ccc1OC(F)F. The molecule has 25 heavy (non-hydrogen) atoms. The lowest BCUT2D eigenvalue weighted by atomic mass is 10.1. The van der Waals surface area contributed by atoms with E-state index in [4.69, 9.17) is 9.47 Å². The summed E-state index contributed by atoms with van der Waals surface area (Å²) in [7, 11) is 1.67. The fourth-order valence-electron chi connectivity index (χ4n) is 2.40. The molecule has 6 heteroatoms. The number of hydrogen-bond donors (Lipinski definition) is 1. The molecule has 0 atom stereocenters. The first-order chi connectivity index (χ1) is 12.1. The van der Waals surface area contributed by atoms with Gasteiger partial charge in [0.1, 0.15) is 0 Å². The summed E-state index contributed by atoms with van der Waals surface area (Å²) in [5, 5.41) is 3.32. The molecule has 0 radical (unpaired) electrons. The zero-order chi connectivity index (χ0) is 18.1. The standard InChI is InChI=1S/C19H23F2NO3/c1-3-24-18-10-16(8-9-17(18)25-19(20)21)12-22-11-14-4-6-15(7-5-14)13-23-2/h4-10,19,22H,3,11-13H2,1-2H3. The lowest BCUT2D eigenvalue weighted by molar-refractivity contribution is -0.0514. The molecule has 0 fully saturated rings. The van der Waals surface area contributed by atoms with Crippen molar-refractivity contribution < 1.29 is 23.0 Å². The van der Waals surface area contributed by atoms with Gasteiger partial charge in [-0.3, -0.25) is 0 Å². The van der Waals surface area contributed by atoms with Gasteiger partial charge in [0, 0.05) is 20.2 Å². The predicted molar refractivity (Wildman–Crippen MR) is 91.9 cm³/mol. The Hall–Kier alpha value is -2.18. The van der Waals surface area contributed by atoms with Crippen LogP contribution >= 0.6 is 0 Å². The van der Waals surface area contributed by atoms with Gasteiger partial charge in [0.15, 0.2) is 11.5 Å². The molecular formula is C19H23F2NO3. The second-order valence-electron chi connectivity index (χ2n) is 5.45. The largest absolute Gasteiger partial charge is 0.490 e. The van der Waals surface area contributed by atoms with Crippen LogP contribution < -0.4 is 14.8 Å². The molecule has 1 N–H and O–H groups in total. The van der Waals surface area contributed by atoms with Crippen LogP contribution in [0.2, 0.25) is 0 Å². The lowest BCUT2D eigenvalue weighted by Gasteiger charge is -2.13. The van der Waals surface area contributed by atoms with Gasteiger partial charge >= 0.3 is 6.61 Å². The molecule has 0 saturated heterocycles. The number of ether oxygens (including phenoxy) is 3. The minimum atomic E-state index is -2.87. The van der Waals surface area contributed by atoms with E-state index in [0.717, 1.165) is 16.7 Å². The van der Waals surface area contributed by atoms with Crippen molar-refractivity contribution >= 4 is 0 Å². The van der Waals surface area contributed by atoms with E-state index in [1.165, 1.54) is 6.07 Å². The highest BCUT2D eigenvalue weighted by atomic mass is 19.3. The summed E-state index contributed by atoms with van der Waals surface area (Å²) < 4.78 is 39.8. The molecule has 0 aliphatic heterocycles. The molecule has 0 spiro atoms. The Balaban J connectivity index is 1.92. The van der Waals surface area contributed by atoms with Crippen molar-refractivity contribution in [2.75, 3.05) is 13.7 Å². The van der Waals surface area contributed by atoms with Gasteiger partial charge in [-0.2, -0.15) is 8.78 Å². The van der Waals surface area contributed by atoms with Gasteiger partial charge in [-0.25, -0.2) is 0 Å². The molecule has 2 aromatic rings. The maximum atomic E-state index is 12.4. The highest BCUT2D eigenvalue weighted by Crippen LogP contribution is 2.29. The van der Waals surface area contributed by atoms with Crippen molar-refractivity contribution in [1.29, 1.82) is 0 Å². The number of halogens is 2. The van der Waals surface area contributed by atoms with Crippen LogP contribution in [0.4, 0.5) is 8.78 Å². The lowest BCUT2D eigenvalue weighted by Crippen LogP contribution is -2.13. The van der Waals surface area contributed by atoms with Crippen LogP contribution in [0.25, 0.3) is 0 Å². The molecule has 0 amide bonds. The highest BCUT2D eigenvalue weighted by Gasteiger charge is 2.11. The second kappa shape index (κ2) is 9.96. The molecule has 136 valence electrons. The minimum absolute atomic E-state index is 0.0503. The molecule has 2 rings (SSSR count). The van der Waals surface area contributed by atoms with Crippen molar-refractivity contribution in [3.05, 3.63) is 59.2 Å². The number of methoxy groups -OCH3 is 1. The molecule has 0 aliphatic rings. The number of hydrogen-bond acceptors (Lipinski definition) is 4. The third kappa shape index (κ3) is 6.32. The number of benzene rings is 2. The molecule has 0 saturated carbocycles. The zero-order valence-electron chi connectivity index (χ0n) is 14.4. The van der Waals surface area contributed by atoms with Gasteiger partial charge in [0.25, 0.3) is 0 Å². The van der Waals surface area contributed by atoms with E-state index in [-0.39, 0.29) is 5.75 Å². The summed E-state index contributed by atoms with van der Waals surface area (Å²) in [6.07, 6.45) is 0. The first-order valence-corrected chi connectivity index (χ1v) is 8.10. The van der Waals surface area contributed by atoms with Crippen LogP contribution in [0.15, 0.2) is 42.5 Å². The molecule has 0 bridgehead atoms. The van der Waals surface area contributed by atoms with E-state index >= 15 is 0 Å². The normalized spacial score (nSPS) is 10.9. The van der Waals surface area contributed by atoms with Gasteiger partial charge in [0.2, 0.25) is 0 Å². The Morgan fingerprint density at radius 2 is 1.56 bits per heavy atom. The third-order valence-corrected chi connectivity index (χ3v) is 3.52. The maximum Gasteiger partial charge on any atom is 0.387 e. The topological polar surface area (TPSA) is 39.7 Å². The van der Waals surface area contributed by atoms with Crippen molar-refractivity contribution in [3.8, 4) is 11.5 Å². The van der Waals surface area contributed by atoms with E-state index in [9.17, 15) is 8.78 Å². The smallest absolute Gasteiger partial charge is 0.387 e. The zero-order valence-corrected chi connectivity index (χ0v) is 14.4. The van der Waals surface area contributed by atoms with E-state index in [0.29, 0.717) is 32.1 Å². The molecule has 0 aromatic heterocycles. The van der Waals surface area contributed by atoms with Gasteiger partial charge < -0.3 is 19.5 Å². The Morgan fingerprint density at radius 3 is 2.20 bits per heavy atom. The van der Waals surface area contributed by atoms with E-state index < -0.39 is 6.61 Å². The first kappa shape index (κ1) is 19.1. The number of rotatable bonds is 10. The molecule has 0 aliphatic carbocycles. The Labute approximate surface area is 146 Å². The summed E-state index contributed by atoms with van der Waals surface area (Å²) in [5.74, 6) is 0.375. The van der Waals surface area contributed by atoms with Crippen molar-refractivity contribution in [2.24, 2.45) is 0 Å². The van der Waals surface area contributed by atoms with E-state index in [1.54, 1.807) is 26.2 Å². The van der Waals surface area contributed by atoms with Crippen LogP contribution in [-0.4, -0.2) is 20.3 Å². The van der Waals surface area contributed by atoms with E-state index in [2.05, 4.69) is 10.1 Å². The summed E-state index contributed by atoms with van der Waals surface area (Å²) in [4.78, 5) is 0. The number of nitrogens with one attached hydrogen (secondary N) is 1. The van der Waals surface area contributed by atoms with Crippen molar-refractivity contribution in [2.45, 2.75) is 33.2 Å². The van der Waals surface area contributed by atoms with Gasteiger partial charge in [0.05, 0.1) is 13.2 Å². The fourth-order valence-corrected chi connectivity index (χ4v) is 2.40. The summed E-state index contributed by atoms with van der Waals surface area (Å²) in [5.41, 5.74) is 3.21. The summed E-state index contributed by atoms with van der Waals surface area (Å²) in [6.45, 7) is 1.20. The molecule has 4 nitrogen and oxygen atoms in total. The van der Waals surface area contributed by atoms with Gasteiger partial charge in [-0.15, -0.1) is 0 Å². The molecule has 0 unspecified atom stereocenters. The van der Waals surface area contributed by atoms with Gasteiger partial charge in [-0.1, -0.05) is 30.3 Å². The fraction of sp³-hybridized carbons (Fsp3) is 0.368. The van der Waals surface area contributed by atoms with Crippen molar-refractivity contribution in [1.82, 2.24) is 5.32 Å². The quantitative estimate of drug-likeness (QED) is 0.699. The average molecular weight is 351 g/mol. The number of alkyl halides is 2. The highest BCUT2D eigenvalue weighted by molar-refractivity contribution is 5.43. The minimum Gasteiger partial charge on any atom is -0.490 e. The first-order valence-electron chi connectivity index (χ1n) is 8.10. The van der Waals surface area contributed by atoms with E-state index in [1.807, 2.05) is 24.3 Å². The predicted octanol–water partition coefficient (Wildman–Crippen LogP) is 4.12. The van der Waals surface area contributed by atoms with Crippen molar-refractivity contribution in [3.63, 3.8) is 0 Å². The average Bonchev–Trinajstić information content (AvgIpc) is 2.59. The Kier molecular flexibility index (Phi) is 7.63. The molecule has 0 heterocycles. The van der Waals surface area contributed by atoms with Crippen LogP contribution in [0, 0.1) is 0 Å². The molecule has 2 aromatic carbocycles. The molecular weight excluding hydrogens is 328 g/mol. The monoisotopic (exact) mass is 351 g/mol. The van der Waals surface area contributed by atoms with Gasteiger partial charge in [-0.05, 0) is 35.7 Å². The van der Waals surface area contributed by atoms with Crippen LogP contribution in [0.3, 0.4) is 0 Å². The van der Waals surface area contributed by atoms with Crippen LogP contribution in [0.5, 0.6) is 11.5 Å². The second-order valence-corrected chi connectivity index (χ2v) is 5.45. The maximum absolute atomic E-state index is 12.4. The summed E-state index contributed by atoms with van der Waals surface area (Å²) >= 11 is 0. The van der Waals surface area contributed by atoms with Crippen LogP contribution in [-0.2, 0) is 24.4 Å². The Morgan fingerprint density at radius 1 is 0.920 bits per heavy atom. The third-order valence-electron chi connectivity index (χ3n) is 3.52. The summed E-state index contributed by atoms with van der Waals surface area (Å²) in [6, 6.07) is 13.1. The van der Waals surface area contributed by atoms with Crippen LogP contribution in [0.1, 0.15) is 23.6 Å².